The van der Waals surface area contributed by atoms with Crippen molar-refractivity contribution < 1.29 is 14.4 Å². The van der Waals surface area contributed by atoms with Crippen LogP contribution in [0.15, 0.2) is 5.16 Å². The first-order valence-electron chi connectivity index (χ1n) is 4.65. The molecule has 4 heteroatoms. The molecule has 0 aromatic rings. The lowest BCUT2D eigenvalue weighted by Gasteiger charge is -2.19. The number of hydrogen-bond donors (Lipinski definition) is 0. The highest BCUT2D eigenvalue weighted by atomic mass is 16.8. The van der Waals surface area contributed by atoms with Crippen LogP contribution < -0.4 is 0 Å². The van der Waals surface area contributed by atoms with Crippen molar-refractivity contribution in [3.05, 3.63) is 0 Å². The van der Waals surface area contributed by atoms with Gasteiger partial charge in [-0.05, 0) is 6.92 Å². The Hall–Kier alpha value is -0.900. The molecular formula is C9H15NO3. The number of carbonyl (C=O) groups excluding carboxylic acids is 1. The van der Waals surface area contributed by atoms with Gasteiger partial charge in [0.05, 0.1) is 0 Å². The molecule has 0 aromatic heterocycles. The molecule has 74 valence electrons. The molecule has 0 bridgehead atoms. The topological polar surface area (TPSA) is 47.9 Å². The maximum atomic E-state index is 11.2. The van der Waals surface area contributed by atoms with Crippen LogP contribution in [-0.2, 0) is 14.4 Å². The van der Waals surface area contributed by atoms with E-state index in [1.807, 2.05) is 13.8 Å². The zero-order valence-corrected chi connectivity index (χ0v) is 8.08. The van der Waals surface area contributed by atoms with Crippen LogP contribution in [0.25, 0.3) is 0 Å². The Balaban J connectivity index is 2.43. The van der Waals surface area contributed by atoms with Crippen molar-refractivity contribution in [1.29, 1.82) is 0 Å². The van der Waals surface area contributed by atoms with Gasteiger partial charge in [0.1, 0.15) is 5.71 Å². The number of oxime groups is 1. The lowest BCUT2D eigenvalue weighted by atomic mass is 10.1. The molecule has 1 atom stereocenters. The number of hydrogen-bond acceptors (Lipinski definition) is 4. The van der Waals surface area contributed by atoms with E-state index in [1.165, 1.54) is 0 Å². The van der Waals surface area contributed by atoms with Gasteiger partial charge in [0, 0.05) is 25.9 Å². The second kappa shape index (κ2) is 4.97. The summed E-state index contributed by atoms with van der Waals surface area (Å²) >= 11 is 0. The van der Waals surface area contributed by atoms with Gasteiger partial charge in [-0.15, -0.1) is 0 Å². The minimum Gasteiger partial charge on any atom is -0.363 e. The Kier molecular flexibility index (Phi) is 3.89. The van der Waals surface area contributed by atoms with E-state index < -0.39 is 0 Å². The van der Waals surface area contributed by atoms with E-state index in [2.05, 4.69) is 5.16 Å². The lowest BCUT2D eigenvalue weighted by Crippen LogP contribution is -2.25. The standard InChI is InChI=1S/C9H15NO3/c1-3-8(11)7-5-6-9(12-4-2)13-10-7/h9H,3-6H2,1-2H3. The third kappa shape index (κ3) is 2.81. The fourth-order valence-corrected chi connectivity index (χ4v) is 1.17. The summed E-state index contributed by atoms with van der Waals surface area (Å²) in [7, 11) is 0. The number of ether oxygens (including phenoxy) is 1. The zero-order valence-electron chi connectivity index (χ0n) is 8.08. The maximum Gasteiger partial charge on any atom is 0.227 e. The molecule has 1 unspecified atom stereocenters. The minimum absolute atomic E-state index is 0.0648. The van der Waals surface area contributed by atoms with Crippen molar-refractivity contribution in [2.24, 2.45) is 5.16 Å². The summed E-state index contributed by atoms with van der Waals surface area (Å²) in [6, 6.07) is 0. The average Bonchev–Trinajstić information content (AvgIpc) is 2.18. The first-order chi connectivity index (χ1) is 6.27. The van der Waals surface area contributed by atoms with Crippen molar-refractivity contribution in [3.63, 3.8) is 0 Å². The molecule has 0 N–H and O–H groups in total. The van der Waals surface area contributed by atoms with E-state index in [0.717, 1.165) is 6.42 Å². The Bertz CT molecular complexity index is 213. The number of nitrogens with zero attached hydrogens (tertiary/aromatic N) is 1. The summed E-state index contributed by atoms with van der Waals surface area (Å²) in [5.41, 5.74) is 0.540. The molecule has 1 heterocycles. The predicted octanol–water partition coefficient (Wildman–Crippen LogP) is 1.49. The van der Waals surface area contributed by atoms with E-state index in [1.54, 1.807) is 0 Å². The van der Waals surface area contributed by atoms with Crippen molar-refractivity contribution >= 4 is 11.5 Å². The number of rotatable bonds is 4. The molecule has 0 spiro atoms. The summed E-state index contributed by atoms with van der Waals surface area (Å²) in [6.07, 6.45) is 1.61. The highest BCUT2D eigenvalue weighted by Crippen LogP contribution is 2.13. The highest BCUT2D eigenvalue weighted by molar-refractivity contribution is 6.39. The average molecular weight is 185 g/mol. The molecule has 0 amide bonds. The second-order valence-corrected chi connectivity index (χ2v) is 2.84. The molecule has 1 rings (SSSR count). The fourth-order valence-electron chi connectivity index (χ4n) is 1.17. The van der Waals surface area contributed by atoms with Gasteiger partial charge < -0.3 is 9.57 Å². The molecular weight excluding hydrogens is 170 g/mol. The number of ketones is 1. The Morgan fingerprint density at radius 1 is 1.69 bits per heavy atom. The molecule has 13 heavy (non-hydrogen) atoms. The van der Waals surface area contributed by atoms with Gasteiger partial charge >= 0.3 is 0 Å². The van der Waals surface area contributed by atoms with E-state index in [4.69, 9.17) is 9.57 Å². The maximum absolute atomic E-state index is 11.2. The zero-order chi connectivity index (χ0) is 9.68. The predicted molar refractivity (Wildman–Crippen MR) is 48.5 cm³/mol. The SMILES string of the molecule is CCOC1CCC(C(=O)CC)=NO1. The first kappa shape index (κ1) is 10.2. The Labute approximate surface area is 77.9 Å². The smallest absolute Gasteiger partial charge is 0.227 e. The largest absolute Gasteiger partial charge is 0.363 e. The van der Waals surface area contributed by atoms with Gasteiger partial charge in [0.15, 0.2) is 5.78 Å². The Morgan fingerprint density at radius 3 is 2.92 bits per heavy atom. The summed E-state index contributed by atoms with van der Waals surface area (Å²) in [5, 5.41) is 3.74. The molecule has 1 aliphatic rings. The van der Waals surface area contributed by atoms with E-state index >= 15 is 0 Å². The molecule has 4 nitrogen and oxygen atoms in total. The monoisotopic (exact) mass is 185 g/mol. The first-order valence-corrected chi connectivity index (χ1v) is 4.65. The number of Topliss-reactive ketones (excluding diaryl/α,β-unsaturated/α-hetero) is 1. The third-order valence-corrected chi connectivity index (χ3v) is 1.89. The van der Waals surface area contributed by atoms with Crippen LogP contribution in [0.4, 0.5) is 0 Å². The molecule has 0 aliphatic carbocycles. The normalized spacial score (nSPS) is 22.0. The summed E-state index contributed by atoms with van der Waals surface area (Å²) in [5.74, 6) is 0.0648. The van der Waals surface area contributed by atoms with Crippen LogP contribution in [-0.4, -0.2) is 24.4 Å². The van der Waals surface area contributed by atoms with E-state index in [-0.39, 0.29) is 12.1 Å². The van der Waals surface area contributed by atoms with Gasteiger partial charge in [-0.2, -0.15) is 0 Å². The van der Waals surface area contributed by atoms with Gasteiger partial charge in [0.2, 0.25) is 6.29 Å². The molecule has 0 saturated heterocycles. The van der Waals surface area contributed by atoms with Gasteiger partial charge in [0.25, 0.3) is 0 Å². The summed E-state index contributed by atoms with van der Waals surface area (Å²) in [6.45, 7) is 4.33. The van der Waals surface area contributed by atoms with Crippen LogP contribution in [0.1, 0.15) is 33.1 Å². The van der Waals surface area contributed by atoms with Crippen molar-refractivity contribution in [2.75, 3.05) is 6.61 Å². The van der Waals surface area contributed by atoms with E-state index in [0.29, 0.717) is 25.2 Å². The van der Waals surface area contributed by atoms with Crippen LogP contribution in [0.3, 0.4) is 0 Å². The highest BCUT2D eigenvalue weighted by Gasteiger charge is 2.20. The summed E-state index contributed by atoms with van der Waals surface area (Å²) < 4.78 is 5.20. The second-order valence-electron chi connectivity index (χ2n) is 2.84. The number of carbonyl (C=O) groups is 1. The Morgan fingerprint density at radius 2 is 2.46 bits per heavy atom. The van der Waals surface area contributed by atoms with Crippen molar-refractivity contribution in [3.8, 4) is 0 Å². The third-order valence-electron chi connectivity index (χ3n) is 1.89. The van der Waals surface area contributed by atoms with Crippen molar-refractivity contribution in [2.45, 2.75) is 39.4 Å². The molecule has 0 radical (unpaired) electrons. The lowest BCUT2D eigenvalue weighted by molar-refractivity contribution is -0.148. The van der Waals surface area contributed by atoms with Crippen molar-refractivity contribution in [1.82, 2.24) is 0 Å². The summed E-state index contributed by atoms with van der Waals surface area (Å²) in [4.78, 5) is 16.2. The molecule has 0 fully saturated rings. The minimum atomic E-state index is -0.265. The van der Waals surface area contributed by atoms with Crippen LogP contribution in [0, 0.1) is 0 Å². The molecule has 0 saturated carbocycles. The van der Waals surface area contributed by atoms with Crippen LogP contribution in [0.2, 0.25) is 0 Å². The van der Waals surface area contributed by atoms with Crippen LogP contribution in [0.5, 0.6) is 0 Å². The fraction of sp³-hybridized carbons (Fsp3) is 0.778. The molecule has 0 aromatic carbocycles. The quantitative estimate of drug-likeness (QED) is 0.666. The van der Waals surface area contributed by atoms with E-state index in [9.17, 15) is 4.79 Å². The van der Waals surface area contributed by atoms with Gasteiger partial charge in [-0.1, -0.05) is 12.1 Å². The van der Waals surface area contributed by atoms with Crippen LogP contribution >= 0.6 is 0 Å². The van der Waals surface area contributed by atoms with Gasteiger partial charge in [-0.25, -0.2) is 0 Å². The molecule has 1 aliphatic heterocycles. The van der Waals surface area contributed by atoms with Gasteiger partial charge in [-0.3, -0.25) is 4.79 Å².